The Morgan fingerprint density at radius 1 is 1.19 bits per heavy atom. The fourth-order valence-electron chi connectivity index (χ4n) is 2.98. The van der Waals surface area contributed by atoms with Gasteiger partial charge in [-0.1, -0.05) is 0 Å². The molecule has 1 atom stereocenters. The summed E-state index contributed by atoms with van der Waals surface area (Å²) in [5.41, 5.74) is 0. The molecular weight excluding hydrogens is 373 g/mol. The summed E-state index contributed by atoms with van der Waals surface area (Å²) in [5, 5.41) is 2.86. The first-order valence-electron chi connectivity index (χ1n) is 8.67. The Kier molecular flexibility index (Phi) is 5.93. The van der Waals surface area contributed by atoms with E-state index >= 15 is 0 Å². The van der Waals surface area contributed by atoms with Crippen molar-refractivity contribution >= 4 is 15.9 Å². The molecule has 2 heterocycles. The summed E-state index contributed by atoms with van der Waals surface area (Å²) in [7, 11) is -3.65. The van der Waals surface area contributed by atoms with Gasteiger partial charge in [0.15, 0.2) is 0 Å². The number of nitrogens with one attached hydrogen (secondary N) is 1. The fourth-order valence-corrected chi connectivity index (χ4v) is 4.40. The number of furan rings is 1. The minimum atomic E-state index is -3.65. The molecule has 9 heteroatoms. The second-order valence-corrected chi connectivity index (χ2v) is 8.38. The molecule has 0 bridgehead atoms. The zero-order chi connectivity index (χ0) is 19.4. The number of carbonyl (C=O) groups excluding carboxylic acids is 1. The Bertz CT molecular complexity index is 861. The summed E-state index contributed by atoms with van der Waals surface area (Å²) in [6.45, 7) is 3.48. The van der Waals surface area contributed by atoms with E-state index in [0.29, 0.717) is 18.8 Å². The van der Waals surface area contributed by atoms with Crippen molar-refractivity contribution in [1.82, 2.24) is 14.5 Å². The van der Waals surface area contributed by atoms with Gasteiger partial charge in [0.05, 0.1) is 23.7 Å². The Morgan fingerprint density at radius 2 is 1.85 bits per heavy atom. The summed E-state index contributed by atoms with van der Waals surface area (Å²) in [4.78, 5) is 14.2. The maximum atomic E-state index is 13.0. The van der Waals surface area contributed by atoms with Crippen LogP contribution in [0.1, 0.15) is 18.7 Å². The highest BCUT2D eigenvalue weighted by atomic mass is 32.2. The van der Waals surface area contributed by atoms with Crippen molar-refractivity contribution in [2.75, 3.05) is 32.7 Å². The van der Waals surface area contributed by atoms with Gasteiger partial charge in [-0.05, 0) is 43.3 Å². The highest BCUT2D eigenvalue weighted by Gasteiger charge is 2.29. The van der Waals surface area contributed by atoms with E-state index in [1.165, 1.54) is 16.4 Å². The largest absolute Gasteiger partial charge is 0.467 e. The maximum Gasteiger partial charge on any atom is 0.243 e. The third kappa shape index (κ3) is 4.74. The van der Waals surface area contributed by atoms with Crippen molar-refractivity contribution in [2.45, 2.75) is 17.9 Å². The van der Waals surface area contributed by atoms with Crippen molar-refractivity contribution < 1.29 is 22.0 Å². The Morgan fingerprint density at radius 3 is 2.44 bits per heavy atom. The molecule has 1 amide bonds. The van der Waals surface area contributed by atoms with Crippen LogP contribution in [0.5, 0.6) is 0 Å². The van der Waals surface area contributed by atoms with Crippen LogP contribution in [-0.4, -0.2) is 56.3 Å². The lowest BCUT2D eigenvalue weighted by Crippen LogP contribution is -2.51. The van der Waals surface area contributed by atoms with Crippen molar-refractivity contribution in [3.8, 4) is 0 Å². The van der Waals surface area contributed by atoms with Crippen molar-refractivity contribution in [3.63, 3.8) is 0 Å². The number of hydrogen-bond acceptors (Lipinski definition) is 5. The topological polar surface area (TPSA) is 82.9 Å². The summed E-state index contributed by atoms with van der Waals surface area (Å²) in [6.07, 6.45) is 1.55. The Balaban J connectivity index is 1.51. The van der Waals surface area contributed by atoms with Gasteiger partial charge in [-0.3, -0.25) is 9.69 Å². The molecule has 1 aromatic carbocycles. The highest BCUT2D eigenvalue weighted by Crippen LogP contribution is 2.18. The van der Waals surface area contributed by atoms with Crippen LogP contribution in [-0.2, 0) is 14.8 Å². The summed E-state index contributed by atoms with van der Waals surface area (Å²) < 4.78 is 44.8. The van der Waals surface area contributed by atoms with E-state index in [1.54, 1.807) is 18.4 Å². The van der Waals surface area contributed by atoms with Gasteiger partial charge in [-0.15, -0.1) is 0 Å². The quantitative estimate of drug-likeness (QED) is 0.803. The molecule has 27 heavy (non-hydrogen) atoms. The molecule has 1 aromatic heterocycles. The average molecular weight is 395 g/mol. The number of piperazine rings is 1. The molecule has 146 valence electrons. The lowest BCUT2D eigenvalue weighted by Gasteiger charge is -2.33. The van der Waals surface area contributed by atoms with Crippen LogP contribution in [0.25, 0.3) is 0 Å². The molecule has 1 fully saturated rings. The molecule has 1 saturated heterocycles. The van der Waals surface area contributed by atoms with Crippen LogP contribution in [0.15, 0.2) is 52.0 Å². The normalized spacial score (nSPS) is 17.6. The second-order valence-electron chi connectivity index (χ2n) is 6.44. The smallest absolute Gasteiger partial charge is 0.243 e. The molecular formula is C18H22FN3O4S. The standard InChI is InChI=1S/C18H22FN3O4S/c1-14(17-3-2-12-26-17)20-18(23)13-21-8-10-22(11-9-21)27(24,25)16-6-4-15(19)5-7-16/h2-7,12,14H,8-11,13H2,1H3,(H,20,23)/t14-/m1/s1. The van der Waals surface area contributed by atoms with Crippen molar-refractivity contribution in [1.29, 1.82) is 0 Å². The van der Waals surface area contributed by atoms with E-state index in [4.69, 9.17) is 4.42 Å². The maximum absolute atomic E-state index is 13.0. The SMILES string of the molecule is C[C@@H](NC(=O)CN1CCN(S(=O)(=O)c2ccc(F)cc2)CC1)c1ccco1. The van der Waals surface area contributed by atoms with Crippen LogP contribution in [0.3, 0.4) is 0 Å². The van der Waals surface area contributed by atoms with Gasteiger partial charge in [0.25, 0.3) is 0 Å². The predicted octanol–water partition coefficient (Wildman–Crippen LogP) is 1.60. The molecule has 1 N–H and O–H groups in total. The number of rotatable bonds is 6. The lowest BCUT2D eigenvalue weighted by molar-refractivity contribution is -0.123. The number of nitrogens with zero attached hydrogens (tertiary/aromatic N) is 2. The summed E-state index contributed by atoms with van der Waals surface area (Å²) in [6, 6.07) is 8.12. The molecule has 0 radical (unpaired) electrons. The third-order valence-corrected chi connectivity index (χ3v) is 6.41. The zero-order valence-electron chi connectivity index (χ0n) is 15.0. The van der Waals surface area contributed by atoms with Gasteiger partial charge < -0.3 is 9.73 Å². The van der Waals surface area contributed by atoms with Gasteiger partial charge in [-0.2, -0.15) is 4.31 Å². The number of sulfonamides is 1. The first-order chi connectivity index (χ1) is 12.9. The molecule has 2 aromatic rings. The number of benzene rings is 1. The van der Waals surface area contributed by atoms with Gasteiger partial charge in [0, 0.05) is 26.2 Å². The Labute approximate surface area is 157 Å². The van der Waals surface area contributed by atoms with Crippen molar-refractivity contribution in [3.05, 3.63) is 54.2 Å². The molecule has 0 aliphatic carbocycles. The molecule has 0 unspecified atom stereocenters. The average Bonchev–Trinajstić information content (AvgIpc) is 3.17. The van der Waals surface area contributed by atoms with Crippen LogP contribution in [0, 0.1) is 5.82 Å². The van der Waals surface area contributed by atoms with Gasteiger partial charge in [0.2, 0.25) is 15.9 Å². The molecule has 0 saturated carbocycles. The third-order valence-electron chi connectivity index (χ3n) is 4.50. The fraction of sp³-hybridized carbons (Fsp3) is 0.389. The van der Waals surface area contributed by atoms with Crippen LogP contribution in [0.2, 0.25) is 0 Å². The summed E-state index contributed by atoms with van der Waals surface area (Å²) in [5.74, 6) is 0.0564. The van der Waals surface area contributed by atoms with Gasteiger partial charge in [-0.25, -0.2) is 12.8 Å². The van der Waals surface area contributed by atoms with E-state index in [2.05, 4.69) is 5.32 Å². The second kappa shape index (κ2) is 8.20. The number of hydrogen-bond donors (Lipinski definition) is 1. The van der Waals surface area contributed by atoms with E-state index in [0.717, 1.165) is 12.1 Å². The first kappa shape index (κ1) is 19.5. The number of amides is 1. The minimum absolute atomic E-state index is 0.0716. The van der Waals surface area contributed by atoms with Crippen LogP contribution in [0.4, 0.5) is 4.39 Å². The molecule has 0 spiro atoms. The highest BCUT2D eigenvalue weighted by molar-refractivity contribution is 7.89. The van der Waals surface area contributed by atoms with Crippen molar-refractivity contribution in [2.24, 2.45) is 0 Å². The molecule has 7 nitrogen and oxygen atoms in total. The van der Waals surface area contributed by atoms with E-state index in [1.807, 2.05) is 11.8 Å². The van der Waals surface area contributed by atoms with E-state index < -0.39 is 15.8 Å². The summed E-state index contributed by atoms with van der Waals surface area (Å²) >= 11 is 0. The molecule has 1 aliphatic rings. The molecule has 1 aliphatic heterocycles. The van der Waals surface area contributed by atoms with E-state index in [-0.39, 0.29) is 36.5 Å². The van der Waals surface area contributed by atoms with Gasteiger partial charge >= 0.3 is 0 Å². The Hall–Kier alpha value is -2.23. The number of halogens is 1. The number of carbonyl (C=O) groups is 1. The van der Waals surface area contributed by atoms with E-state index in [9.17, 15) is 17.6 Å². The lowest BCUT2D eigenvalue weighted by atomic mass is 10.2. The van der Waals surface area contributed by atoms with Crippen LogP contribution < -0.4 is 5.32 Å². The van der Waals surface area contributed by atoms with Crippen LogP contribution >= 0.6 is 0 Å². The zero-order valence-corrected chi connectivity index (χ0v) is 15.8. The predicted molar refractivity (Wildman–Crippen MR) is 96.9 cm³/mol. The monoisotopic (exact) mass is 395 g/mol. The minimum Gasteiger partial charge on any atom is -0.467 e. The van der Waals surface area contributed by atoms with Gasteiger partial charge in [0.1, 0.15) is 11.6 Å². The first-order valence-corrected chi connectivity index (χ1v) is 10.1. The molecule has 3 rings (SSSR count).